The van der Waals surface area contributed by atoms with Gasteiger partial charge in [-0.3, -0.25) is 4.79 Å². The molecule has 0 spiro atoms. The number of nitrogens with one attached hydrogen (secondary N) is 2. The monoisotopic (exact) mass is 362 g/mol. The summed E-state index contributed by atoms with van der Waals surface area (Å²) in [6.07, 6.45) is 9.70. The van der Waals surface area contributed by atoms with Gasteiger partial charge in [-0.05, 0) is 48.7 Å². The molecular formula is C20H22N6O. The molecule has 2 aromatic heterocycles. The normalized spacial score (nSPS) is 17.3. The SMILES string of the molecule is O=C(Nc1cnc2cccnn12)c1ccc2c(c1)CNN2C1CCCCC1. The molecular weight excluding hydrogens is 340 g/mol. The maximum absolute atomic E-state index is 12.7. The number of hydrogen-bond acceptors (Lipinski definition) is 5. The number of carbonyl (C=O) groups excluding carboxylic acids is 1. The van der Waals surface area contributed by atoms with Crippen LogP contribution in [0, 0.1) is 0 Å². The van der Waals surface area contributed by atoms with E-state index in [1.165, 1.54) is 43.4 Å². The molecule has 138 valence electrons. The molecule has 0 saturated heterocycles. The third-order valence-corrected chi connectivity index (χ3v) is 5.50. The van der Waals surface area contributed by atoms with Crippen LogP contribution in [-0.4, -0.2) is 26.5 Å². The second-order valence-electron chi connectivity index (χ2n) is 7.23. The van der Waals surface area contributed by atoms with Crippen LogP contribution in [0.25, 0.3) is 5.65 Å². The van der Waals surface area contributed by atoms with Gasteiger partial charge in [-0.2, -0.15) is 9.61 Å². The molecule has 5 rings (SSSR count). The van der Waals surface area contributed by atoms with E-state index in [-0.39, 0.29) is 5.91 Å². The topological polar surface area (TPSA) is 74.6 Å². The number of benzene rings is 1. The highest BCUT2D eigenvalue weighted by molar-refractivity contribution is 6.04. The highest BCUT2D eigenvalue weighted by Crippen LogP contribution is 2.32. The van der Waals surface area contributed by atoms with Crippen molar-refractivity contribution in [2.75, 3.05) is 10.3 Å². The third kappa shape index (κ3) is 2.94. The lowest BCUT2D eigenvalue weighted by Gasteiger charge is -2.32. The van der Waals surface area contributed by atoms with Gasteiger partial charge in [-0.15, -0.1) is 0 Å². The van der Waals surface area contributed by atoms with Crippen molar-refractivity contribution < 1.29 is 4.79 Å². The van der Waals surface area contributed by atoms with E-state index in [0.717, 1.165) is 6.54 Å². The van der Waals surface area contributed by atoms with Crippen molar-refractivity contribution in [2.24, 2.45) is 0 Å². The average Bonchev–Trinajstić information content (AvgIpc) is 3.32. The van der Waals surface area contributed by atoms with Crippen molar-refractivity contribution in [1.29, 1.82) is 0 Å². The van der Waals surface area contributed by atoms with E-state index in [9.17, 15) is 4.79 Å². The van der Waals surface area contributed by atoms with Crippen LogP contribution in [-0.2, 0) is 6.54 Å². The molecule has 1 aliphatic heterocycles. The molecule has 3 aromatic rings. The fourth-order valence-electron chi connectivity index (χ4n) is 4.13. The number of rotatable bonds is 3. The number of amides is 1. The first-order valence-electron chi connectivity index (χ1n) is 9.55. The molecule has 1 aliphatic carbocycles. The Morgan fingerprint density at radius 3 is 2.96 bits per heavy atom. The molecule has 0 unspecified atom stereocenters. The standard InChI is InChI=1S/C20H22N6O/c27-20(24-19-13-21-18-7-4-10-22-26(18)19)14-8-9-17-15(11-14)12-23-25(17)16-5-2-1-3-6-16/h4,7-11,13,16,23H,1-3,5-6,12H2,(H,24,27). The van der Waals surface area contributed by atoms with Crippen LogP contribution in [0.2, 0.25) is 0 Å². The van der Waals surface area contributed by atoms with Gasteiger partial charge >= 0.3 is 0 Å². The van der Waals surface area contributed by atoms with Crippen molar-refractivity contribution in [1.82, 2.24) is 20.0 Å². The van der Waals surface area contributed by atoms with Gasteiger partial charge < -0.3 is 10.3 Å². The van der Waals surface area contributed by atoms with Gasteiger partial charge in [0.15, 0.2) is 11.5 Å². The molecule has 7 heteroatoms. The number of hydrazine groups is 1. The van der Waals surface area contributed by atoms with Crippen LogP contribution in [0.3, 0.4) is 0 Å². The molecule has 2 N–H and O–H groups in total. The maximum Gasteiger partial charge on any atom is 0.256 e. The first-order valence-corrected chi connectivity index (χ1v) is 9.55. The Balaban J connectivity index is 1.36. The Morgan fingerprint density at radius 2 is 2.07 bits per heavy atom. The first kappa shape index (κ1) is 16.3. The van der Waals surface area contributed by atoms with Crippen molar-refractivity contribution in [3.63, 3.8) is 0 Å². The summed E-state index contributed by atoms with van der Waals surface area (Å²) in [5, 5.41) is 9.45. The fraction of sp³-hybridized carbons (Fsp3) is 0.350. The molecule has 1 aromatic carbocycles. The molecule has 1 amide bonds. The zero-order chi connectivity index (χ0) is 18.2. The smallest absolute Gasteiger partial charge is 0.256 e. The van der Waals surface area contributed by atoms with Gasteiger partial charge in [0, 0.05) is 24.3 Å². The lowest BCUT2D eigenvalue weighted by atomic mass is 9.94. The summed E-state index contributed by atoms with van der Waals surface area (Å²) in [7, 11) is 0. The van der Waals surface area contributed by atoms with E-state index >= 15 is 0 Å². The van der Waals surface area contributed by atoms with Crippen molar-refractivity contribution in [3.05, 3.63) is 53.9 Å². The molecule has 1 fully saturated rings. The number of hydrogen-bond donors (Lipinski definition) is 2. The summed E-state index contributed by atoms with van der Waals surface area (Å²) in [4.78, 5) is 17.0. The lowest BCUT2D eigenvalue weighted by molar-refractivity contribution is 0.102. The van der Waals surface area contributed by atoms with Gasteiger partial charge in [0.1, 0.15) is 0 Å². The van der Waals surface area contributed by atoms with Crippen molar-refractivity contribution in [2.45, 2.75) is 44.7 Å². The summed E-state index contributed by atoms with van der Waals surface area (Å²) in [5.74, 6) is 0.416. The van der Waals surface area contributed by atoms with E-state index in [4.69, 9.17) is 0 Å². The quantitative estimate of drug-likeness (QED) is 0.749. The van der Waals surface area contributed by atoms with Crippen LogP contribution in [0.1, 0.15) is 48.0 Å². The second-order valence-corrected chi connectivity index (χ2v) is 7.23. The molecule has 7 nitrogen and oxygen atoms in total. The Morgan fingerprint density at radius 1 is 1.19 bits per heavy atom. The number of aromatic nitrogens is 3. The summed E-state index contributed by atoms with van der Waals surface area (Å²) >= 11 is 0. The number of carbonyl (C=O) groups is 1. The van der Waals surface area contributed by atoms with E-state index in [1.54, 1.807) is 16.9 Å². The Labute approximate surface area is 157 Å². The van der Waals surface area contributed by atoms with Gasteiger partial charge in [0.25, 0.3) is 5.91 Å². The Bertz CT molecular complexity index is 991. The summed E-state index contributed by atoms with van der Waals surface area (Å²) < 4.78 is 1.62. The molecule has 3 heterocycles. The lowest BCUT2D eigenvalue weighted by Crippen LogP contribution is -2.42. The van der Waals surface area contributed by atoms with Crippen LogP contribution in [0.5, 0.6) is 0 Å². The Hall–Kier alpha value is -2.93. The van der Waals surface area contributed by atoms with Crippen LogP contribution in [0.15, 0.2) is 42.7 Å². The van der Waals surface area contributed by atoms with E-state index in [0.29, 0.717) is 23.1 Å². The minimum absolute atomic E-state index is 0.152. The Kier molecular flexibility index (Phi) is 4.01. The highest BCUT2D eigenvalue weighted by Gasteiger charge is 2.27. The average molecular weight is 362 g/mol. The molecule has 0 bridgehead atoms. The summed E-state index contributed by atoms with van der Waals surface area (Å²) in [6.45, 7) is 0.768. The minimum atomic E-state index is -0.152. The minimum Gasteiger partial charge on any atom is -0.305 e. The zero-order valence-electron chi connectivity index (χ0n) is 15.1. The van der Waals surface area contributed by atoms with E-state index in [1.807, 2.05) is 24.3 Å². The predicted molar refractivity (Wildman–Crippen MR) is 104 cm³/mol. The van der Waals surface area contributed by atoms with Crippen LogP contribution >= 0.6 is 0 Å². The zero-order valence-corrected chi connectivity index (χ0v) is 15.1. The largest absolute Gasteiger partial charge is 0.305 e. The maximum atomic E-state index is 12.7. The highest BCUT2D eigenvalue weighted by atomic mass is 16.1. The predicted octanol–water partition coefficient (Wildman–Crippen LogP) is 3.14. The molecule has 0 atom stereocenters. The summed E-state index contributed by atoms with van der Waals surface area (Å²) in [6, 6.07) is 10.2. The first-order chi connectivity index (χ1) is 13.3. The molecule has 2 aliphatic rings. The third-order valence-electron chi connectivity index (χ3n) is 5.50. The van der Waals surface area contributed by atoms with Gasteiger partial charge in [0.05, 0.1) is 11.9 Å². The summed E-state index contributed by atoms with van der Waals surface area (Å²) in [5.41, 5.74) is 7.23. The van der Waals surface area contributed by atoms with Crippen molar-refractivity contribution in [3.8, 4) is 0 Å². The number of anilines is 2. The second kappa shape index (κ2) is 6.66. The van der Waals surface area contributed by atoms with E-state index < -0.39 is 0 Å². The molecule has 0 radical (unpaired) electrons. The number of nitrogens with zero attached hydrogens (tertiary/aromatic N) is 4. The fourth-order valence-corrected chi connectivity index (χ4v) is 4.13. The van der Waals surface area contributed by atoms with Gasteiger partial charge in [-0.1, -0.05) is 19.3 Å². The number of fused-ring (bicyclic) bond motifs is 2. The van der Waals surface area contributed by atoms with Crippen LogP contribution in [0.4, 0.5) is 11.5 Å². The van der Waals surface area contributed by atoms with E-state index in [2.05, 4.69) is 31.9 Å². The molecule has 27 heavy (non-hydrogen) atoms. The van der Waals surface area contributed by atoms with Crippen molar-refractivity contribution >= 4 is 23.1 Å². The van der Waals surface area contributed by atoms with Gasteiger partial charge in [-0.25, -0.2) is 10.4 Å². The van der Waals surface area contributed by atoms with Gasteiger partial charge in [0.2, 0.25) is 0 Å². The van der Waals surface area contributed by atoms with Crippen LogP contribution < -0.4 is 15.8 Å². The number of imidazole rings is 1. The molecule has 1 saturated carbocycles.